The molecule has 1 N–H and O–H groups in total. The second kappa shape index (κ2) is 6.89. The highest BCUT2D eigenvalue weighted by Crippen LogP contribution is 2.43. The Labute approximate surface area is 152 Å². The van der Waals surface area contributed by atoms with E-state index in [2.05, 4.69) is 11.1 Å². The Bertz CT molecular complexity index is 825. The monoisotopic (exact) mass is 347 g/mol. The molecule has 1 aliphatic carbocycles. The van der Waals surface area contributed by atoms with Crippen LogP contribution in [0.2, 0.25) is 0 Å². The standard InChI is InChI=1S/C21H21N3O2/c22-12-18-20(19(13-25)24(18)21(26)17-2-1-3-17)16-6-4-14(5-7-16)15-8-10-23-11-9-15/h4-11,17-20,25H,1-3,13H2/t18-,19-,20-/m1/s1. The zero-order valence-electron chi connectivity index (χ0n) is 14.5. The molecular weight excluding hydrogens is 326 g/mol. The van der Waals surface area contributed by atoms with Gasteiger partial charge in [-0.3, -0.25) is 9.78 Å². The fraction of sp³-hybridized carbons (Fsp3) is 0.381. The molecule has 26 heavy (non-hydrogen) atoms. The van der Waals surface area contributed by atoms with E-state index in [1.807, 2.05) is 36.4 Å². The van der Waals surface area contributed by atoms with E-state index in [1.54, 1.807) is 17.3 Å². The van der Waals surface area contributed by atoms with Gasteiger partial charge in [0.15, 0.2) is 0 Å². The van der Waals surface area contributed by atoms with Crippen molar-refractivity contribution in [3.05, 3.63) is 54.4 Å². The second-order valence-electron chi connectivity index (χ2n) is 7.08. The molecule has 2 aliphatic rings. The normalized spacial score (nSPS) is 25.1. The van der Waals surface area contributed by atoms with Crippen molar-refractivity contribution in [2.45, 2.75) is 37.3 Å². The SMILES string of the molecule is N#C[C@@H]1[C@@H](c2ccc(-c3ccncc3)cc2)[C@@H](CO)N1C(=O)C1CCC1. The van der Waals surface area contributed by atoms with Crippen molar-refractivity contribution < 1.29 is 9.90 Å². The molecule has 1 aromatic heterocycles. The Hall–Kier alpha value is -2.71. The average molecular weight is 347 g/mol. The number of pyridine rings is 1. The van der Waals surface area contributed by atoms with Gasteiger partial charge in [-0.2, -0.15) is 5.26 Å². The first kappa shape index (κ1) is 16.7. The Kier molecular flexibility index (Phi) is 4.44. The maximum absolute atomic E-state index is 12.6. The summed E-state index contributed by atoms with van der Waals surface area (Å²) in [4.78, 5) is 18.3. The smallest absolute Gasteiger partial charge is 0.227 e. The number of hydrogen-bond donors (Lipinski definition) is 1. The van der Waals surface area contributed by atoms with E-state index in [4.69, 9.17) is 0 Å². The lowest BCUT2D eigenvalue weighted by atomic mass is 9.73. The number of carbonyl (C=O) groups is 1. The van der Waals surface area contributed by atoms with Gasteiger partial charge in [-0.15, -0.1) is 0 Å². The van der Waals surface area contributed by atoms with E-state index in [-0.39, 0.29) is 30.4 Å². The first-order chi connectivity index (χ1) is 12.7. The molecule has 132 valence electrons. The number of benzene rings is 1. The maximum atomic E-state index is 12.6. The minimum atomic E-state index is -0.493. The van der Waals surface area contributed by atoms with E-state index in [1.165, 1.54) is 0 Å². The van der Waals surface area contributed by atoms with E-state index < -0.39 is 6.04 Å². The van der Waals surface area contributed by atoms with Crippen LogP contribution in [0.5, 0.6) is 0 Å². The van der Waals surface area contributed by atoms with Gasteiger partial charge in [0, 0.05) is 24.2 Å². The first-order valence-electron chi connectivity index (χ1n) is 9.07. The summed E-state index contributed by atoms with van der Waals surface area (Å²) in [6.45, 7) is -0.118. The van der Waals surface area contributed by atoms with Crippen LogP contribution in [0.25, 0.3) is 11.1 Å². The molecule has 2 aromatic rings. The van der Waals surface area contributed by atoms with Crippen LogP contribution in [0, 0.1) is 17.2 Å². The number of nitriles is 1. The molecule has 3 atom stereocenters. The summed E-state index contributed by atoms with van der Waals surface area (Å²) < 4.78 is 0. The molecule has 1 saturated carbocycles. The van der Waals surface area contributed by atoms with Crippen LogP contribution in [0.1, 0.15) is 30.7 Å². The van der Waals surface area contributed by atoms with E-state index in [9.17, 15) is 15.2 Å². The molecule has 5 heteroatoms. The number of carbonyl (C=O) groups excluding carboxylic acids is 1. The molecule has 0 unspecified atom stereocenters. The lowest BCUT2D eigenvalue weighted by Crippen LogP contribution is -2.66. The van der Waals surface area contributed by atoms with Crippen LogP contribution in [0.4, 0.5) is 0 Å². The van der Waals surface area contributed by atoms with Gasteiger partial charge in [-0.25, -0.2) is 0 Å². The Balaban J connectivity index is 1.56. The van der Waals surface area contributed by atoms with E-state index in [0.29, 0.717) is 0 Å². The zero-order chi connectivity index (χ0) is 18.1. The highest BCUT2D eigenvalue weighted by atomic mass is 16.3. The van der Waals surface area contributed by atoms with Crippen LogP contribution in [0.3, 0.4) is 0 Å². The van der Waals surface area contributed by atoms with Crippen molar-refractivity contribution in [1.29, 1.82) is 5.26 Å². The lowest BCUT2D eigenvalue weighted by Gasteiger charge is -2.53. The summed E-state index contributed by atoms with van der Waals surface area (Å²) in [5.74, 6) is -0.0676. The summed E-state index contributed by atoms with van der Waals surface area (Å²) in [7, 11) is 0. The Morgan fingerprint density at radius 2 is 1.81 bits per heavy atom. The fourth-order valence-corrected chi connectivity index (χ4v) is 4.02. The highest BCUT2D eigenvalue weighted by Gasteiger charge is 2.53. The molecule has 1 aromatic carbocycles. The van der Waals surface area contributed by atoms with Crippen LogP contribution in [-0.4, -0.2) is 39.6 Å². The third kappa shape index (κ3) is 2.67. The van der Waals surface area contributed by atoms with Gasteiger partial charge >= 0.3 is 0 Å². The number of nitrogens with zero attached hydrogens (tertiary/aromatic N) is 3. The topological polar surface area (TPSA) is 77.2 Å². The van der Waals surface area contributed by atoms with Crippen molar-refractivity contribution in [2.75, 3.05) is 6.61 Å². The first-order valence-corrected chi connectivity index (χ1v) is 9.07. The minimum Gasteiger partial charge on any atom is -0.394 e. The van der Waals surface area contributed by atoms with E-state index >= 15 is 0 Å². The molecule has 0 spiro atoms. The molecule has 1 aliphatic heterocycles. The van der Waals surface area contributed by atoms with Gasteiger partial charge in [0.1, 0.15) is 6.04 Å². The van der Waals surface area contributed by atoms with Crippen LogP contribution in [-0.2, 0) is 4.79 Å². The lowest BCUT2D eigenvalue weighted by molar-refractivity contribution is -0.154. The molecule has 0 bridgehead atoms. The number of rotatable bonds is 4. The molecule has 1 amide bonds. The average Bonchev–Trinajstić information content (AvgIpc) is 2.61. The van der Waals surface area contributed by atoms with Gasteiger partial charge in [0.05, 0.1) is 18.7 Å². The van der Waals surface area contributed by atoms with Crippen molar-refractivity contribution in [3.63, 3.8) is 0 Å². The Morgan fingerprint density at radius 1 is 1.15 bits per heavy atom. The summed E-state index contributed by atoms with van der Waals surface area (Å²) in [6, 6.07) is 13.4. The number of likely N-dealkylation sites (tertiary alicyclic amines) is 1. The van der Waals surface area contributed by atoms with Crippen molar-refractivity contribution >= 4 is 5.91 Å². The molecule has 2 heterocycles. The van der Waals surface area contributed by atoms with Crippen molar-refractivity contribution in [3.8, 4) is 17.2 Å². The predicted molar refractivity (Wildman–Crippen MR) is 96.9 cm³/mol. The van der Waals surface area contributed by atoms with E-state index in [0.717, 1.165) is 36.0 Å². The van der Waals surface area contributed by atoms with Crippen molar-refractivity contribution in [1.82, 2.24) is 9.88 Å². The third-order valence-corrected chi connectivity index (χ3v) is 5.75. The number of aliphatic hydroxyl groups excluding tert-OH is 1. The largest absolute Gasteiger partial charge is 0.394 e. The summed E-state index contributed by atoms with van der Waals surface area (Å²) in [6.07, 6.45) is 6.39. The summed E-state index contributed by atoms with van der Waals surface area (Å²) >= 11 is 0. The van der Waals surface area contributed by atoms with Crippen LogP contribution < -0.4 is 0 Å². The number of amides is 1. The van der Waals surface area contributed by atoms with Gasteiger partial charge in [0.2, 0.25) is 5.91 Å². The quantitative estimate of drug-likeness (QED) is 0.922. The van der Waals surface area contributed by atoms with Gasteiger partial charge in [-0.05, 0) is 41.7 Å². The molecule has 4 rings (SSSR count). The fourth-order valence-electron chi connectivity index (χ4n) is 4.02. The predicted octanol–water partition coefficient (Wildman–Crippen LogP) is 2.73. The molecule has 0 radical (unpaired) electrons. The molecular formula is C21H21N3O2. The van der Waals surface area contributed by atoms with Gasteiger partial charge in [-0.1, -0.05) is 30.7 Å². The maximum Gasteiger partial charge on any atom is 0.227 e. The third-order valence-electron chi connectivity index (χ3n) is 5.75. The zero-order valence-corrected chi connectivity index (χ0v) is 14.5. The van der Waals surface area contributed by atoms with Crippen LogP contribution >= 0.6 is 0 Å². The number of hydrogen-bond acceptors (Lipinski definition) is 4. The number of aliphatic hydroxyl groups is 1. The van der Waals surface area contributed by atoms with Crippen molar-refractivity contribution in [2.24, 2.45) is 5.92 Å². The van der Waals surface area contributed by atoms with Gasteiger partial charge < -0.3 is 10.0 Å². The minimum absolute atomic E-state index is 0.0338. The molecule has 5 nitrogen and oxygen atoms in total. The summed E-state index contributed by atoms with van der Waals surface area (Å²) in [5.41, 5.74) is 3.15. The second-order valence-corrected chi connectivity index (χ2v) is 7.08. The van der Waals surface area contributed by atoms with Gasteiger partial charge in [0.25, 0.3) is 0 Å². The molecule has 2 fully saturated rings. The molecule has 1 saturated heterocycles. The highest BCUT2D eigenvalue weighted by molar-refractivity contribution is 5.82. The number of aromatic nitrogens is 1. The summed E-state index contributed by atoms with van der Waals surface area (Å²) in [5, 5.41) is 19.5. The Morgan fingerprint density at radius 3 is 2.35 bits per heavy atom. The van der Waals surface area contributed by atoms with Crippen LogP contribution in [0.15, 0.2) is 48.8 Å².